The summed E-state index contributed by atoms with van der Waals surface area (Å²) in [7, 11) is -3.85. The van der Waals surface area contributed by atoms with E-state index in [0.717, 1.165) is 36.7 Å². The highest BCUT2D eigenvalue weighted by atomic mass is 35.5. The summed E-state index contributed by atoms with van der Waals surface area (Å²) in [6, 6.07) is 17.4. The lowest BCUT2D eigenvalue weighted by Crippen LogP contribution is -2.47. The van der Waals surface area contributed by atoms with Gasteiger partial charge in [-0.05, 0) is 66.9 Å². The standard InChI is InChI=1S/C27H27ClN2O6S/c28-20-2-5-23(6-3-20)37(31,32)30(22-4-8-25-27(16-22)36-18-35-25)21-9-11-29(12-10-21)17-19-1-7-24-26(15-19)34-14-13-33-24/h1-8,15-16,21H,9-14,17-18H2. The summed E-state index contributed by atoms with van der Waals surface area (Å²) in [4.78, 5) is 2.54. The first-order valence-corrected chi connectivity index (χ1v) is 14.1. The first kappa shape index (κ1) is 24.2. The predicted molar refractivity (Wildman–Crippen MR) is 139 cm³/mol. The average molecular weight is 543 g/mol. The van der Waals surface area contributed by atoms with Crippen LogP contribution >= 0.6 is 11.6 Å². The lowest BCUT2D eigenvalue weighted by atomic mass is 10.0. The van der Waals surface area contributed by atoms with E-state index in [0.29, 0.717) is 48.3 Å². The summed E-state index contributed by atoms with van der Waals surface area (Å²) in [5.41, 5.74) is 1.70. The molecule has 1 fully saturated rings. The first-order chi connectivity index (χ1) is 18.0. The Bertz CT molecular complexity index is 1390. The van der Waals surface area contributed by atoms with Gasteiger partial charge in [0.05, 0.1) is 10.6 Å². The van der Waals surface area contributed by atoms with Crippen LogP contribution in [-0.2, 0) is 16.6 Å². The van der Waals surface area contributed by atoms with Gasteiger partial charge >= 0.3 is 0 Å². The number of piperidine rings is 1. The molecule has 3 aliphatic heterocycles. The maximum atomic E-state index is 13.9. The molecule has 3 aromatic carbocycles. The average Bonchev–Trinajstić information content (AvgIpc) is 3.38. The number of hydrogen-bond acceptors (Lipinski definition) is 7. The predicted octanol–water partition coefficient (Wildman–Crippen LogP) is 4.70. The van der Waals surface area contributed by atoms with Gasteiger partial charge in [-0.25, -0.2) is 8.42 Å². The lowest BCUT2D eigenvalue weighted by Gasteiger charge is -2.39. The maximum Gasteiger partial charge on any atom is 0.264 e. The fraction of sp³-hybridized carbons (Fsp3) is 0.333. The van der Waals surface area contributed by atoms with Crippen LogP contribution in [0, 0.1) is 0 Å². The molecular formula is C27H27ClN2O6S. The lowest BCUT2D eigenvalue weighted by molar-refractivity contribution is 0.170. The third-order valence-corrected chi connectivity index (χ3v) is 9.03. The highest BCUT2D eigenvalue weighted by Gasteiger charge is 2.35. The molecule has 3 aliphatic rings. The number of fused-ring (bicyclic) bond motifs is 2. The van der Waals surface area contributed by atoms with Crippen LogP contribution in [0.5, 0.6) is 23.0 Å². The molecule has 0 amide bonds. The number of benzene rings is 3. The Morgan fingerprint density at radius 3 is 2.24 bits per heavy atom. The van der Waals surface area contributed by atoms with Crippen molar-refractivity contribution in [2.75, 3.05) is 37.4 Å². The molecule has 0 bridgehead atoms. The van der Waals surface area contributed by atoms with Crippen molar-refractivity contribution < 1.29 is 27.4 Å². The third-order valence-electron chi connectivity index (χ3n) is 6.88. The van der Waals surface area contributed by atoms with E-state index in [1.807, 2.05) is 12.1 Å². The van der Waals surface area contributed by atoms with Crippen LogP contribution in [0.15, 0.2) is 65.6 Å². The topological polar surface area (TPSA) is 77.5 Å². The molecule has 0 atom stereocenters. The zero-order chi connectivity index (χ0) is 25.4. The smallest absolute Gasteiger partial charge is 0.264 e. The molecule has 8 nitrogen and oxygen atoms in total. The number of nitrogens with zero attached hydrogens (tertiary/aromatic N) is 2. The first-order valence-electron chi connectivity index (χ1n) is 12.3. The minimum absolute atomic E-state index is 0.126. The van der Waals surface area contributed by atoms with Gasteiger partial charge < -0.3 is 18.9 Å². The summed E-state index contributed by atoms with van der Waals surface area (Å²) in [6.07, 6.45) is 1.37. The summed E-state index contributed by atoms with van der Waals surface area (Å²) < 4.78 is 51.7. The van der Waals surface area contributed by atoms with Gasteiger partial charge in [0.15, 0.2) is 23.0 Å². The Morgan fingerprint density at radius 2 is 1.46 bits per heavy atom. The Morgan fingerprint density at radius 1 is 0.811 bits per heavy atom. The molecule has 0 spiro atoms. The van der Waals surface area contributed by atoms with Gasteiger partial charge in [-0.2, -0.15) is 0 Å². The molecule has 37 heavy (non-hydrogen) atoms. The normalized spacial score (nSPS) is 17.5. The molecule has 0 radical (unpaired) electrons. The molecule has 0 N–H and O–H groups in total. The summed E-state index contributed by atoms with van der Waals surface area (Å²) in [5.74, 6) is 2.72. The van der Waals surface area contributed by atoms with Crippen LogP contribution in [0.3, 0.4) is 0 Å². The second-order valence-electron chi connectivity index (χ2n) is 9.28. The largest absolute Gasteiger partial charge is 0.486 e. The Hall–Kier alpha value is -3.14. The van der Waals surface area contributed by atoms with E-state index < -0.39 is 10.0 Å². The van der Waals surface area contributed by atoms with Crippen molar-refractivity contribution in [3.05, 3.63) is 71.2 Å². The van der Waals surface area contributed by atoms with Gasteiger partial charge in [-0.3, -0.25) is 9.21 Å². The number of hydrogen-bond donors (Lipinski definition) is 0. The fourth-order valence-corrected chi connectivity index (χ4v) is 6.87. The van der Waals surface area contributed by atoms with Crippen LogP contribution < -0.4 is 23.3 Å². The number of rotatable bonds is 6. The molecule has 0 saturated carbocycles. The highest BCUT2D eigenvalue weighted by Crippen LogP contribution is 2.39. The van der Waals surface area contributed by atoms with Gasteiger partial charge in [0, 0.05) is 36.8 Å². The van der Waals surface area contributed by atoms with Crippen LogP contribution in [0.2, 0.25) is 5.02 Å². The number of ether oxygens (including phenoxy) is 4. The van der Waals surface area contributed by atoms with Gasteiger partial charge in [0.2, 0.25) is 6.79 Å². The monoisotopic (exact) mass is 542 g/mol. The second-order valence-corrected chi connectivity index (χ2v) is 11.5. The second kappa shape index (κ2) is 9.96. The zero-order valence-corrected chi connectivity index (χ0v) is 21.7. The number of anilines is 1. The van der Waals surface area contributed by atoms with Crippen LogP contribution in [0.4, 0.5) is 5.69 Å². The molecule has 3 aromatic rings. The van der Waals surface area contributed by atoms with Crippen molar-refractivity contribution in [3.8, 4) is 23.0 Å². The van der Waals surface area contributed by atoms with Crippen LogP contribution in [0.1, 0.15) is 18.4 Å². The van der Waals surface area contributed by atoms with E-state index in [4.69, 9.17) is 30.5 Å². The maximum absolute atomic E-state index is 13.9. The van der Waals surface area contributed by atoms with E-state index in [9.17, 15) is 8.42 Å². The summed E-state index contributed by atoms with van der Waals surface area (Å²) >= 11 is 6.03. The van der Waals surface area contributed by atoms with Crippen molar-refractivity contribution in [1.29, 1.82) is 0 Å². The van der Waals surface area contributed by atoms with E-state index >= 15 is 0 Å². The third kappa shape index (κ3) is 4.91. The quantitative estimate of drug-likeness (QED) is 0.447. The fourth-order valence-electron chi connectivity index (χ4n) is 5.04. The van der Waals surface area contributed by atoms with Gasteiger partial charge in [0.25, 0.3) is 10.0 Å². The van der Waals surface area contributed by atoms with Gasteiger partial charge in [-0.1, -0.05) is 17.7 Å². The molecular weight excluding hydrogens is 516 g/mol. The van der Waals surface area contributed by atoms with Crippen molar-refractivity contribution in [2.24, 2.45) is 0 Å². The molecule has 3 heterocycles. The minimum Gasteiger partial charge on any atom is -0.486 e. The zero-order valence-electron chi connectivity index (χ0n) is 20.1. The van der Waals surface area contributed by atoms with Crippen molar-refractivity contribution >= 4 is 27.3 Å². The Kier molecular flexibility index (Phi) is 6.52. The molecule has 1 saturated heterocycles. The summed E-state index contributed by atoms with van der Waals surface area (Å²) in [6.45, 7) is 3.53. The van der Waals surface area contributed by atoms with Crippen molar-refractivity contribution in [3.63, 3.8) is 0 Å². The molecule has 6 rings (SSSR count). The number of halogens is 1. The van der Waals surface area contributed by atoms with Gasteiger partial charge in [-0.15, -0.1) is 0 Å². The van der Waals surface area contributed by atoms with E-state index in [2.05, 4.69) is 11.0 Å². The van der Waals surface area contributed by atoms with Gasteiger partial charge in [0.1, 0.15) is 13.2 Å². The van der Waals surface area contributed by atoms with E-state index in [1.165, 1.54) is 0 Å². The van der Waals surface area contributed by atoms with E-state index in [1.54, 1.807) is 46.8 Å². The van der Waals surface area contributed by atoms with Crippen molar-refractivity contribution in [1.82, 2.24) is 4.90 Å². The highest BCUT2D eigenvalue weighted by molar-refractivity contribution is 7.92. The molecule has 0 unspecified atom stereocenters. The Labute approximate surface area is 221 Å². The Balaban J connectivity index is 1.23. The molecule has 10 heteroatoms. The van der Waals surface area contributed by atoms with E-state index in [-0.39, 0.29) is 17.7 Å². The number of likely N-dealkylation sites (tertiary alicyclic amines) is 1. The van der Waals surface area contributed by atoms with Crippen molar-refractivity contribution in [2.45, 2.75) is 30.3 Å². The number of sulfonamides is 1. The molecule has 0 aliphatic carbocycles. The SMILES string of the molecule is O=S(=O)(c1ccc(Cl)cc1)N(c1ccc2c(c1)OCO2)C1CCN(Cc2ccc3c(c2)OCCO3)CC1. The minimum atomic E-state index is -3.85. The van der Waals surface area contributed by atoms with Crippen LogP contribution in [-0.4, -0.2) is 52.5 Å². The van der Waals surface area contributed by atoms with Crippen LogP contribution in [0.25, 0.3) is 0 Å². The molecule has 194 valence electrons. The molecule has 0 aromatic heterocycles. The summed E-state index contributed by atoms with van der Waals surface area (Å²) in [5, 5.41) is 0.487.